The van der Waals surface area contributed by atoms with Gasteiger partial charge in [-0.2, -0.15) is 0 Å². The Balaban J connectivity index is -0.0000000481. The third-order valence-corrected chi connectivity index (χ3v) is 7.99. The van der Waals surface area contributed by atoms with E-state index in [-0.39, 0.29) is 231 Å². The van der Waals surface area contributed by atoms with E-state index in [1.54, 1.807) is 0 Å². The van der Waals surface area contributed by atoms with Crippen LogP contribution in [0.1, 0.15) is 219 Å². The molecule has 4 nitrogen and oxygen atoms in total. The zero-order valence-corrected chi connectivity index (χ0v) is 27.3. The van der Waals surface area contributed by atoms with Crippen LogP contribution in [0.2, 0.25) is 0 Å². The van der Waals surface area contributed by atoms with Crippen LogP contribution in [0, 0.1) is 0 Å². The smallest absolute Gasteiger partial charge is 0.316 e. The van der Waals surface area contributed by atoms with Gasteiger partial charge in [0.05, 0.1) is 0 Å². The van der Waals surface area contributed by atoms with Crippen LogP contribution in [0.3, 0.4) is 0 Å². The first-order valence-corrected chi connectivity index (χ1v) is 18.0. The van der Waals surface area contributed by atoms with Gasteiger partial charge in [0, 0.05) is 12.8 Å². The van der Waals surface area contributed by atoms with Crippen molar-refractivity contribution in [1.29, 1.82) is 0 Å². The van der Waals surface area contributed by atoms with Crippen LogP contribution in [0.5, 0.6) is 0 Å². The number of hydrogen-bond acceptors (Lipinski definition) is 2. The van der Waals surface area contributed by atoms with Gasteiger partial charge in [-0.3, -0.25) is 9.59 Å². The van der Waals surface area contributed by atoms with Crippen molar-refractivity contribution < 1.29 is 19.8 Å². The molecule has 50 heavy (non-hydrogen) atoms. The van der Waals surface area contributed by atoms with Crippen molar-refractivity contribution in [2.75, 3.05) is 0 Å². The van der Waals surface area contributed by atoms with Gasteiger partial charge in [0.25, 0.3) is 0 Å². The van der Waals surface area contributed by atoms with E-state index in [2.05, 4.69) is 13.8 Å². The Morgan fingerprint density at radius 1 is 0.260 bits per heavy atom. The highest BCUT2D eigenvalue weighted by Crippen LogP contribution is 2.15. The molecule has 0 spiro atoms. The van der Waals surface area contributed by atoms with Gasteiger partial charge in [-0.1, -0.05) is 194 Å². The Morgan fingerprint density at radius 2 is 0.380 bits per heavy atom. The molecule has 0 heterocycles. The van der Waals surface area contributed by atoms with E-state index in [0.29, 0.717) is 12.8 Å². The first-order chi connectivity index (χ1) is 19.5. The highest BCUT2D eigenvalue weighted by atomic mass is 24.3. The quantitative estimate of drug-likeness (QED) is 0.0806. The van der Waals surface area contributed by atoms with Gasteiger partial charge in [-0.15, -0.1) is 0 Å². The topological polar surface area (TPSA) is 74.6 Å². The molecule has 0 radical (unpaired) electrons. The van der Waals surface area contributed by atoms with Crippen molar-refractivity contribution >= 4 is 242 Å². The lowest BCUT2D eigenvalue weighted by Crippen LogP contribution is -1.93. The SMILES string of the molecule is CCCCCCCCCCCCCCCCCC(=O)O.CCCCCCCCCCCCCCCCCC(=O)O.[MgH2].[MgH2].[MgH2].[MgH2].[MgH2].[MgH2].[MgH2].[MgH2].[MgH2].[MgH2]. The predicted molar refractivity (Wildman–Crippen MR) is 260 cm³/mol. The van der Waals surface area contributed by atoms with Gasteiger partial charge in [0.1, 0.15) is 0 Å². The van der Waals surface area contributed by atoms with E-state index >= 15 is 0 Å². The van der Waals surface area contributed by atoms with Crippen molar-refractivity contribution in [3.05, 3.63) is 0 Å². The standard InChI is InChI=1S/2C18H36O2.10Mg.20H/c2*1-2-3-4-5-6-7-8-9-10-11-12-13-14-15-16-17-18(19)20;;;;;;;;;;;;;;;;;;;;;;;;;;;;;;/h2*2-17H2,1H3,(H,19,20);;;;;;;;;;;;;;;;;;;;;;;;;;;;;;. The van der Waals surface area contributed by atoms with Crippen LogP contribution in [0.25, 0.3) is 0 Å². The average Bonchev–Trinajstić information content (AvgIpc) is 2.93. The Kier molecular flexibility index (Phi) is 147. The maximum Gasteiger partial charge on any atom is 0.316 e. The molecule has 14 heteroatoms. The molecular weight excluding hydrogens is 739 g/mol. The van der Waals surface area contributed by atoms with E-state index in [9.17, 15) is 9.59 Å². The number of hydrogen-bond donors (Lipinski definition) is 2. The Labute approximate surface area is 473 Å². The molecule has 0 aliphatic rings. The third-order valence-electron chi connectivity index (χ3n) is 7.99. The number of carboxylic acid groups (broad SMARTS) is 2. The number of rotatable bonds is 32. The molecule has 0 unspecified atom stereocenters. The second-order valence-corrected chi connectivity index (χ2v) is 12.2. The summed E-state index contributed by atoms with van der Waals surface area (Å²) in [6.07, 6.45) is 40.4. The Hall–Kier alpha value is 6.60. The summed E-state index contributed by atoms with van der Waals surface area (Å²) in [5.41, 5.74) is 0. The van der Waals surface area contributed by atoms with E-state index in [4.69, 9.17) is 10.2 Å². The predicted octanol–water partition coefficient (Wildman–Crippen LogP) is 3.50. The van der Waals surface area contributed by atoms with Gasteiger partial charge >= 0.3 is 242 Å². The van der Waals surface area contributed by atoms with E-state index < -0.39 is 11.9 Å². The van der Waals surface area contributed by atoms with Gasteiger partial charge in [0.2, 0.25) is 0 Å². The molecule has 0 saturated carbocycles. The maximum absolute atomic E-state index is 10.3. The highest BCUT2D eigenvalue weighted by Gasteiger charge is 1.98. The molecule has 0 aromatic carbocycles. The highest BCUT2D eigenvalue weighted by molar-refractivity contribution is 5.76. The number of carboxylic acids is 2. The molecule has 0 rings (SSSR count). The number of unbranched alkanes of at least 4 members (excludes halogenated alkanes) is 28. The zero-order chi connectivity index (χ0) is 29.8. The molecular formula is C36H92Mg10O4. The summed E-state index contributed by atoms with van der Waals surface area (Å²) in [6, 6.07) is 0. The molecule has 0 saturated heterocycles. The molecule has 2 N–H and O–H groups in total. The fourth-order valence-corrected chi connectivity index (χ4v) is 5.30. The van der Waals surface area contributed by atoms with Gasteiger partial charge in [-0.05, 0) is 12.8 Å². The largest absolute Gasteiger partial charge is 0.481 e. The molecule has 0 aromatic heterocycles. The summed E-state index contributed by atoms with van der Waals surface area (Å²) >= 11 is 0. The molecule has 0 aliphatic carbocycles. The minimum atomic E-state index is -0.653. The molecule has 0 bridgehead atoms. The first kappa shape index (κ1) is 88.0. The van der Waals surface area contributed by atoms with Crippen molar-refractivity contribution in [2.24, 2.45) is 0 Å². The number of aliphatic carboxylic acids is 2. The Morgan fingerprint density at radius 3 is 0.500 bits per heavy atom. The van der Waals surface area contributed by atoms with Gasteiger partial charge < -0.3 is 10.2 Å². The molecule has 280 valence electrons. The minimum Gasteiger partial charge on any atom is -0.481 e. The molecule has 0 atom stereocenters. The second kappa shape index (κ2) is 83.3. The summed E-state index contributed by atoms with van der Waals surface area (Å²) < 4.78 is 0. The molecule has 0 aromatic rings. The van der Waals surface area contributed by atoms with Crippen LogP contribution in [0.15, 0.2) is 0 Å². The molecule has 0 aliphatic heterocycles. The summed E-state index contributed by atoms with van der Waals surface area (Å²) in [4.78, 5) is 20.7. The Bertz CT molecular complexity index is 483. The monoisotopic (exact) mass is 829 g/mol. The minimum absolute atomic E-state index is 0. The van der Waals surface area contributed by atoms with Crippen LogP contribution in [-0.2, 0) is 9.59 Å². The second-order valence-electron chi connectivity index (χ2n) is 12.2. The van der Waals surface area contributed by atoms with Crippen molar-refractivity contribution in [1.82, 2.24) is 0 Å². The van der Waals surface area contributed by atoms with Crippen molar-refractivity contribution in [3.63, 3.8) is 0 Å². The van der Waals surface area contributed by atoms with Gasteiger partial charge in [-0.25, -0.2) is 0 Å². The summed E-state index contributed by atoms with van der Waals surface area (Å²) in [5.74, 6) is -1.31. The van der Waals surface area contributed by atoms with Crippen LogP contribution < -0.4 is 0 Å². The lowest BCUT2D eigenvalue weighted by atomic mass is 10.0. The summed E-state index contributed by atoms with van der Waals surface area (Å²) in [5, 5.41) is 17.0. The third kappa shape index (κ3) is 95.2. The number of carbonyl (C=O) groups is 2. The fraction of sp³-hybridized carbons (Fsp3) is 0.944. The maximum atomic E-state index is 10.3. The van der Waals surface area contributed by atoms with E-state index in [1.807, 2.05) is 0 Å². The summed E-state index contributed by atoms with van der Waals surface area (Å²) in [6.45, 7) is 4.54. The van der Waals surface area contributed by atoms with Crippen LogP contribution in [0.4, 0.5) is 0 Å². The van der Waals surface area contributed by atoms with E-state index in [1.165, 1.54) is 167 Å². The molecule has 0 fully saturated rings. The van der Waals surface area contributed by atoms with Crippen LogP contribution in [-0.4, -0.2) is 253 Å². The lowest BCUT2D eigenvalue weighted by Gasteiger charge is -2.03. The van der Waals surface area contributed by atoms with Crippen LogP contribution >= 0.6 is 0 Å². The summed E-state index contributed by atoms with van der Waals surface area (Å²) in [7, 11) is 0. The average molecular weight is 832 g/mol. The first-order valence-electron chi connectivity index (χ1n) is 18.0. The van der Waals surface area contributed by atoms with Gasteiger partial charge in [0.15, 0.2) is 0 Å². The normalized spacial score (nSPS) is 8.68. The van der Waals surface area contributed by atoms with Crippen molar-refractivity contribution in [3.8, 4) is 0 Å². The van der Waals surface area contributed by atoms with Crippen molar-refractivity contribution in [2.45, 2.75) is 219 Å². The zero-order valence-electron chi connectivity index (χ0n) is 27.3. The molecule has 0 amide bonds. The fourth-order valence-electron chi connectivity index (χ4n) is 5.30. The lowest BCUT2D eigenvalue weighted by molar-refractivity contribution is -0.138. The van der Waals surface area contributed by atoms with E-state index in [0.717, 1.165) is 25.7 Å².